The summed E-state index contributed by atoms with van der Waals surface area (Å²) in [6.07, 6.45) is 3.21. The van der Waals surface area contributed by atoms with E-state index in [1.165, 1.54) is 6.21 Å². The van der Waals surface area contributed by atoms with Crippen molar-refractivity contribution in [3.8, 4) is 11.5 Å². The zero-order valence-corrected chi connectivity index (χ0v) is 13.1. The summed E-state index contributed by atoms with van der Waals surface area (Å²) < 4.78 is 12.7. The molecule has 18 heavy (non-hydrogen) atoms. The number of hydrazone groups is 1. The van der Waals surface area contributed by atoms with Gasteiger partial charge in [-0.2, -0.15) is 5.10 Å². The third-order valence-corrected chi connectivity index (χ3v) is 4.16. The number of nitrogens with zero attached hydrogens (tertiary/aromatic N) is 1. The van der Waals surface area contributed by atoms with Crippen LogP contribution in [0.1, 0.15) is 12.5 Å². The fraction of sp³-hybridized carbons (Fsp3) is 0.250. The fourth-order valence-corrected chi connectivity index (χ4v) is 2.25. The van der Waals surface area contributed by atoms with Crippen molar-refractivity contribution in [2.75, 3.05) is 13.2 Å². The van der Waals surface area contributed by atoms with Crippen LogP contribution >= 0.6 is 31.9 Å². The standard InChI is InChI=1S/C12H14Br2N2O2/c1-3-5-18-12-9(17-4-2)6-8(7-16-15)10(13)11(12)14/h3,6-7H,1,4-5,15H2,2H3. The minimum Gasteiger partial charge on any atom is -0.490 e. The molecule has 0 spiro atoms. The van der Waals surface area contributed by atoms with Gasteiger partial charge in [-0.15, -0.1) is 0 Å². The van der Waals surface area contributed by atoms with Crippen LogP contribution in [0, 0.1) is 0 Å². The van der Waals surface area contributed by atoms with Crippen LogP contribution < -0.4 is 15.3 Å². The molecule has 0 saturated carbocycles. The predicted molar refractivity (Wildman–Crippen MR) is 80.5 cm³/mol. The van der Waals surface area contributed by atoms with Gasteiger partial charge in [0, 0.05) is 10.0 Å². The highest BCUT2D eigenvalue weighted by Crippen LogP contribution is 2.42. The molecule has 0 bridgehead atoms. The zero-order chi connectivity index (χ0) is 13.5. The van der Waals surface area contributed by atoms with Crippen LogP contribution in [-0.2, 0) is 0 Å². The lowest BCUT2D eigenvalue weighted by Gasteiger charge is -2.15. The highest BCUT2D eigenvalue weighted by molar-refractivity contribution is 9.13. The molecule has 2 N–H and O–H groups in total. The Morgan fingerprint density at radius 3 is 2.67 bits per heavy atom. The largest absolute Gasteiger partial charge is 0.490 e. The van der Waals surface area contributed by atoms with E-state index < -0.39 is 0 Å². The first-order valence-electron chi connectivity index (χ1n) is 5.27. The minimum absolute atomic E-state index is 0.398. The maximum Gasteiger partial charge on any atom is 0.176 e. The monoisotopic (exact) mass is 376 g/mol. The first kappa shape index (κ1) is 15.0. The van der Waals surface area contributed by atoms with Gasteiger partial charge in [0.1, 0.15) is 6.61 Å². The van der Waals surface area contributed by atoms with Crippen LogP contribution in [-0.4, -0.2) is 19.4 Å². The van der Waals surface area contributed by atoms with Crippen molar-refractivity contribution in [2.24, 2.45) is 10.9 Å². The molecule has 0 aromatic heterocycles. The van der Waals surface area contributed by atoms with Crippen molar-refractivity contribution in [2.45, 2.75) is 6.92 Å². The van der Waals surface area contributed by atoms with Gasteiger partial charge in [0.15, 0.2) is 11.5 Å². The van der Waals surface area contributed by atoms with E-state index in [4.69, 9.17) is 15.3 Å². The average Bonchev–Trinajstić information content (AvgIpc) is 2.36. The van der Waals surface area contributed by atoms with Crippen LogP contribution in [0.2, 0.25) is 0 Å². The Balaban J connectivity index is 3.29. The normalized spacial score (nSPS) is 10.6. The summed E-state index contributed by atoms with van der Waals surface area (Å²) in [6.45, 7) is 6.46. The Morgan fingerprint density at radius 2 is 2.11 bits per heavy atom. The summed E-state index contributed by atoms with van der Waals surface area (Å²) >= 11 is 6.92. The van der Waals surface area contributed by atoms with Gasteiger partial charge in [0.25, 0.3) is 0 Å². The number of benzene rings is 1. The molecule has 1 aromatic rings. The van der Waals surface area contributed by atoms with Crippen LogP contribution in [0.4, 0.5) is 0 Å². The minimum atomic E-state index is 0.398. The van der Waals surface area contributed by atoms with Crippen molar-refractivity contribution < 1.29 is 9.47 Å². The quantitative estimate of drug-likeness (QED) is 0.357. The van der Waals surface area contributed by atoms with E-state index in [1.54, 1.807) is 6.08 Å². The molecule has 1 aromatic carbocycles. The lowest BCUT2D eigenvalue weighted by atomic mass is 10.2. The Labute approximate surface area is 123 Å². The zero-order valence-electron chi connectivity index (χ0n) is 9.95. The second kappa shape index (κ2) is 7.43. The Kier molecular flexibility index (Phi) is 6.21. The second-order valence-corrected chi connectivity index (χ2v) is 4.82. The van der Waals surface area contributed by atoms with Gasteiger partial charge in [-0.3, -0.25) is 0 Å². The lowest BCUT2D eigenvalue weighted by Crippen LogP contribution is -2.02. The molecule has 98 valence electrons. The Morgan fingerprint density at radius 1 is 1.39 bits per heavy atom. The highest BCUT2D eigenvalue weighted by Gasteiger charge is 2.16. The third kappa shape index (κ3) is 3.49. The highest BCUT2D eigenvalue weighted by atomic mass is 79.9. The van der Waals surface area contributed by atoms with Crippen molar-refractivity contribution in [3.63, 3.8) is 0 Å². The molecule has 0 amide bonds. The van der Waals surface area contributed by atoms with Crippen LogP contribution in [0.3, 0.4) is 0 Å². The first-order chi connectivity index (χ1) is 8.65. The molecular weight excluding hydrogens is 364 g/mol. The van der Waals surface area contributed by atoms with Gasteiger partial charge in [-0.05, 0) is 44.8 Å². The van der Waals surface area contributed by atoms with Crippen molar-refractivity contribution in [1.29, 1.82) is 0 Å². The molecule has 6 heteroatoms. The number of rotatable bonds is 6. The molecular formula is C12H14Br2N2O2. The van der Waals surface area contributed by atoms with E-state index in [1.807, 2.05) is 13.0 Å². The van der Waals surface area contributed by atoms with Gasteiger partial charge < -0.3 is 15.3 Å². The summed E-state index contributed by atoms with van der Waals surface area (Å²) in [6, 6.07) is 1.81. The van der Waals surface area contributed by atoms with E-state index in [2.05, 4.69) is 43.5 Å². The van der Waals surface area contributed by atoms with E-state index in [9.17, 15) is 0 Å². The molecule has 0 atom stereocenters. The maximum absolute atomic E-state index is 5.59. The summed E-state index contributed by atoms with van der Waals surface area (Å²) in [5.41, 5.74) is 0.804. The van der Waals surface area contributed by atoms with E-state index in [0.717, 1.165) is 14.5 Å². The van der Waals surface area contributed by atoms with Crippen LogP contribution in [0.25, 0.3) is 0 Å². The summed E-state index contributed by atoms with van der Waals surface area (Å²) in [5, 5.41) is 3.51. The topological polar surface area (TPSA) is 56.8 Å². The molecule has 0 unspecified atom stereocenters. The maximum atomic E-state index is 5.59. The molecule has 0 fully saturated rings. The van der Waals surface area contributed by atoms with E-state index in [0.29, 0.717) is 24.7 Å². The molecule has 0 saturated heterocycles. The van der Waals surface area contributed by atoms with Crippen molar-refractivity contribution >= 4 is 38.1 Å². The van der Waals surface area contributed by atoms with Gasteiger partial charge >= 0.3 is 0 Å². The number of ether oxygens (including phenoxy) is 2. The first-order valence-corrected chi connectivity index (χ1v) is 6.86. The molecule has 1 rings (SSSR count). The van der Waals surface area contributed by atoms with E-state index in [-0.39, 0.29) is 0 Å². The molecule has 0 aliphatic carbocycles. The van der Waals surface area contributed by atoms with Crippen LogP contribution in [0.15, 0.2) is 32.8 Å². The Hall–Kier alpha value is -1.01. The van der Waals surface area contributed by atoms with E-state index >= 15 is 0 Å². The van der Waals surface area contributed by atoms with Gasteiger partial charge in [0.2, 0.25) is 0 Å². The number of halogens is 2. The molecule has 0 aliphatic heterocycles. The SMILES string of the molecule is C=CCOc1c(OCC)cc(C=NN)c(Br)c1Br. The Bertz CT molecular complexity index is 462. The molecule has 0 radical (unpaired) electrons. The molecule has 4 nitrogen and oxygen atoms in total. The van der Waals surface area contributed by atoms with Gasteiger partial charge in [-0.1, -0.05) is 12.7 Å². The predicted octanol–water partition coefficient (Wildman–Crippen LogP) is 3.47. The number of nitrogens with two attached hydrogens (primary N) is 1. The van der Waals surface area contributed by atoms with Crippen molar-refractivity contribution in [3.05, 3.63) is 33.2 Å². The smallest absolute Gasteiger partial charge is 0.176 e. The fourth-order valence-electron chi connectivity index (χ4n) is 1.32. The second-order valence-electron chi connectivity index (χ2n) is 3.23. The lowest BCUT2D eigenvalue weighted by molar-refractivity contribution is 0.295. The van der Waals surface area contributed by atoms with Crippen molar-refractivity contribution in [1.82, 2.24) is 0 Å². The summed E-state index contributed by atoms with van der Waals surface area (Å²) in [5.74, 6) is 6.42. The third-order valence-electron chi connectivity index (χ3n) is 2.01. The average molecular weight is 378 g/mol. The van der Waals surface area contributed by atoms with Gasteiger partial charge in [-0.25, -0.2) is 0 Å². The molecule has 0 aliphatic rings. The summed E-state index contributed by atoms with van der Waals surface area (Å²) in [4.78, 5) is 0. The molecule has 0 heterocycles. The number of hydrogen-bond acceptors (Lipinski definition) is 4. The summed E-state index contributed by atoms with van der Waals surface area (Å²) in [7, 11) is 0. The van der Waals surface area contributed by atoms with Crippen LogP contribution in [0.5, 0.6) is 11.5 Å². The number of hydrogen-bond donors (Lipinski definition) is 1. The van der Waals surface area contributed by atoms with Gasteiger partial charge in [0.05, 0.1) is 17.3 Å².